The third-order valence-electron chi connectivity index (χ3n) is 4.71. The minimum Gasteiger partial charge on any atom is -0.393 e. The maximum Gasteiger partial charge on any atom is 0.161 e. The summed E-state index contributed by atoms with van der Waals surface area (Å²) >= 11 is 0. The summed E-state index contributed by atoms with van der Waals surface area (Å²) < 4.78 is 0. The number of aromatic nitrogens is 2. The topological polar surface area (TPSA) is 67.1 Å². The van der Waals surface area contributed by atoms with Gasteiger partial charge >= 0.3 is 0 Å². The van der Waals surface area contributed by atoms with E-state index in [2.05, 4.69) is 76.5 Å². The lowest BCUT2D eigenvalue weighted by molar-refractivity contribution is 0.759. The summed E-state index contributed by atoms with van der Waals surface area (Å²) in [6, 6.07) is 14.8. The summed E-state index contributed by atoms with van der Waals surface area (Å²) in [5.74, 6) is 1.40. The predicted octanol–water partition coefficient (Wildman–Crippen LogP) is 4.50. The van der Waals surface area contributed by atoms with Crippen LogP contribution in [-0.2, 0) is 6.42 Å². The van der Waals surface area contributed by atoms with E-state index in [4.69, 9.17) is 5.73 Å². The molecule has 1 aliphatic rings. The molecular weight excluding hydrogens is 322 g/mol. The van der Waals surface area contributed by atoms with E-state index in [1.54, 1.807) is 6.33 Å². The first-order valence-corrected chi connectivity index (χ1v) is 8.93. The molecule has 0 radical (unpaired) electrons. The first-order chi connectivity index (χ1) is 12.6. The summed E-state index contributed by atoms with van der Waals surface area (Å²) in [4.78, 5) is 11.1. The molecule has 0 bridgehead atoms. The SMILES string of the molecule is Cc1cc(C)cc(Nc2ncnc(N3CCCc4ccccc43)c2N)c1. The van der Waals surface area contributed by atoms with Gasteiger partial charge in [0.05, 0.1) is 0 Å². The number of hydrogen-bond donors (Lipinski definition) is 2. The number of nitrogen functional groups attached to an aromatic ring is 1. The van der Waals surface area contributed by atoms with Gasteiger partial charge in [0.2, 0.25) is 0 Å². The second-order valence-electron chi connectivity index (χ2n) is 6.84. The molecule has 1 aromatic heterocycles. The molecule has 5 nitrogen and oxygen atoms in total. The maximum absolute atomic E-state index is 6.47. The predicted molar refractivity (Wildman–Crippen MR) is 107 cm³/mol. The van der Waals surface area contributed by atoms with Crippen LogP contribution >= 0.6 is 0 Å². The fourth-order valence-electron chi connectivity index (χ4n) is 3.64. The zero-order chi connectivity index (χ0) is 18.1. The van der Waals surface area contributed by atoms with Crippen molar-refractivity contribution in [3.8, 4) is 0 Å². The normalized spacial score (nSPS) is 13.4. The van der Waals surface area contributed by atoms with Gasteiger partial charge in [0, 0.05) is 17.9 Å². The molecule has 132 valence electrons. The Morgan fingerprint density at radius 3 is 2.62 bits per heavy atom. The molecule has 2 heterocycles. The molecule has 0 saturated heterocycles. The fraction of sp³-hybridized carbons (Fsp3) is 0.238. The number of nitrogens with one attached hydrogen (secondary N) is 1. The van der Waals surface area contributed by atoms with Crippen LogP contribution in [0.1, 0.15) is 23.1 Å². The lowest BCUT2D eigenvalue weighted by Crippen LogP contribution is -2.26. The van der Waals surface area contributed by atoms with Crippen LogP contribution in [0.4, 0.5) is 28.7 Å². The average Bonchev–Trinajstić information content (AvgIpc) is 2.62. The van der Waals surface area contributed by atoms with Crippen LogP contribution < -0.4 is 16.0 Å². The Morgan fingerprint density at radius 1 is 1.04 bits per heavy atom. The molecular formula is C21H23N5. The number of fused-ring (bicyclic) bond motifs is 1. The highest BCUT2D eigenvalue weighted by molar-refractivity contribution is 5.82. The second kappa shape index (κ2) is 6.67. The van der Waals surface area contributed by atoms with Crippen molar-refractivity contribution < 1.29 is 0 Å². The molecule has 26 heavy (non-hydrogen) atoms. The monoisotopic (exact) mass is 345 g/mol. The summed E-state index contributed by atoms with van der Waals surface area (Å²) in [5, 5.41) is 3.35. The Kier molecular flexibility index (Phi) is 4.21. The van der Waals surface area contributed by atoms with Crippen molar-refractivity contribution in [1.82, 2.24) is 9.97 Å². The highest BCUT2D eigenvalue weighted by atomic mass is 15.2. The Morgan fingerprint density at radius 2 is 1.81 bits per heavy atom. The van der Waals surface area contributed by atoms with Crippen molar-refractivity contribution in [3.63, 3.8) is 0 Å². The molecule has 0 saturated carbocycles. The lowest BCUT2D eigenvalue weighted by atomic mass is 10.0. The van der Waals surface area contributed by atoms with E-state index in [0.717, 1.165) is 30.9 Å². The van der Waals surface area contributed by atoms with Gasteiger partial charge in [-0.2, -0.15) is 0 Å². The highest BCUT2D eigenvalue weighted by Crippen LogP contribution is 2.37. The number of rotatable bonds is 3. The average molecular weight is 345 g/mol. The zero-order valence-electron chi connectivity index (χ0n) is 15.2. The van der Waals surface area contributed by atoms with Gasteiger partial charge in [-0.1, -0.05) is 24.3 Å². The molecule has 0 spiro atoms. The number of anilines is 5. The number of nitrogens with zero attached hydrogens (tertiary/aromatic N) is 3. The van der Waals surface area contributed by atoms with E-state index in [0.29, 0.717) is 11.5 Å². The van der Waals surface area contributed by atoms with E-state index < -0.39 is 0 Å². The van der Waals surface area contributed by atoms with E-state index in [9.17, 15) is 0 Å². The smallest absolute Gasteiger partial charge is 0.161 e. The van der Waals surface area contributed by atoms with Gasteiger partial charge in [0.25, 0.3) is 0 Å². The molecule has 3 N–H and O–H groups in total. The number of aryl methyl sites for hydroxylation is 3. The van der Waals surface area contributed by atoms with Crippen LogP contribution in [0.2, 0.25) is 0 Å². The maximum atomic E-state index is 6.47. The Hall–Kier alpha value is -3.08. The molecule has 0 unspecified atom stereocenters. The first kappa shape index (κ1) is 16.4. The lowest BCUT2D eigenvalue weighted by Gasteiger charge is -2.31. The number of hydrogen-bond acceptors (Lipinski definition) is 5. The Bertz CT molecular complexity index is 931. The summed E-state index contributed by atoms with van der Waals surface area (Å²) in [6.45, 7) is 5.07. The van der Waals surface area contributed by atoms with E-state index in [1.807, 2.05) is 0 Å². The van der Waals surface area contributed by atoms with Crippen molar-refractivity contribution in [2.45, 2.75) is 26.7 Å². The molecule has 1 aliphatic heterocycles. The largest absolute Gasteiger partial charge is 0.393 e. The third-order valence-corrected chi connectivity index (χ3v) is 4.71. The molecule has 0 amide bonds. The van der Waals surface area contributed by atoms with Gasteiger partial charge in [-0.25, -0.2) is 9.97 Å². The second-order valence-corrected chi connectivity index (χ2v) is 6.84. The van der Waals surface area contributed by atoms with Crippen molar-refractivity contribution in [1.29, 1.82) is 0 Å². The molecule has 4 rings (SSSR count). The van der Waals surface area contributed by atoms with Crippen molar-refractivity contribution in [3.05, 3.63) is 65.5 Å². The fourth-order valence-corrected chi connectivity index (χ4v) is 3.64. The Balaban J connectivity index is 1.71. The van der Waals surface area contributed by atoms with E-state index >= 15 is 0 Å². The van der Waals surface area contributed by atoms with Crippen LogP contribution in [0.3, 0.4) is 0 Å². The minimum absolute atomic E-state index is 0.573. The molecule has 0 aliphatic carbocycles. The van der Waals surface area contributed by atoms with Crippen LogP contribution in [0.25, 0.3) is 0 Å². The first-order valence-electron chi connectivity index (χ1n) is 8.93. The van der Waals surface area contributed by atoms with Crippen LogP contribution in [0.5, 0.6) is 0 Å². The van der Waals surface area contributed by atoms with Gasteiger partial charge < -0.3 is 16.0 Å². The quantitative estimate of drug-likeness (QED) is 0.731. The molecule has 0 fully saturated rings. The third kappa shape index (κ3) is 3.08. The number of benzene rings is 2. The minimum atomic E-state index is 0.573. The van der Waals surface area contributed by atoms with Gasteiger partial charge in [-0.15, -0.1) is 0 Å². The standard InChI is InChI=1S/C21H23N5/c1-14-10-15(2)12-17(11-14)25-20-19(22)21(24-13-23-20)26-9-5-7-16-6-3-4-8-18(16)26/h3-4,6,8,10-13H,5,7,9,22H2,1-2H3,(H,23,24,25). The molecule has 0 atom stereocenters. The van der Waals surface area contributed by atoms with Gasteiger partial charge in [0.1, 0.15) is 12.0 Å². The van der Waals surface area contributed by atoms with E-state index in [-0.39, 0.29) is 0 Å². The number of para-hydroxylation sites is 1. The van der Waals surface area contributed by atoms with Crippen LogP contribution in [0.15, 0.2) is 48.8 Å². The summed E-state index contributed by atoms with van der Waals surface area (Å²) in [5.41, 5.74) is 12.9. The van der Waals surface area contributed by atoms with Crippen molar-refractivity contribution in [2.75, 3.05) is 22.5 Å². The molecule has 2 aromatic carbocycles. The zero-order valence-corrected chi connectivity index (χ0v) is 15.2. The van der Waals surface area contributed by atoms with Crippen LogP contribution in [-0.4, -0.2) is 16.5 Å². The van der Waals surface area contributed by atoms with Crippen molar-refractivity contribution in [2.24, 2.45) is 0 Å². The summed E-state index contributed by atoms with van der Waals surface area (Å²) in [7, 11) is 0. The molecule has 3 aromatic rings. The highest BCUT2D eigenvalue weighted by Gasteiger charge is 2.22. The van der Waals surface area contributed by atoms with E-state index in [1.165, 1.54) is 22.4 Å². The summed E-state index contributed by atoms with van der Waals surface area (Å²) in [6.07, 6.45) is 3.75. The number of nitrogens with two attached hydrogens (primary N) is 1. The van der Waals surface area contributed by atoms with Gasteiger partial charge in [0.15, 0.2) is 11.6 Å². The van der Waals surface area contributed by atoms with Crippen molar-refractivity contribution >= 4 is 28.7 Å². The van der Waals surface area contributed by atoms with Crippen LogP contribution in [0, 0.1) is 13.8 Å². The van der Waals surface area contributed by atoms with Gasteiger partial charge in [-0.05, 0) is 61.6 Å². The molecule has 5 heteroatoms. The Labute approximate surface area is 153 Å². The van der Waals surface area contributed by atoms with Gasteiger partial charge in [-0.3, -0.25) is 0 Å².